The Kier molecular flexibility index (Phi) is 7.17. The highest BCUT2D eigenvalue weighted by Crippen LogP contribution is 2.22. The van der Waals surface area contributed by atoms with Crippen molar-refractivity contribution in [3.63, 3.8) is 0 Å². The fourth-order valence-electron chi connectivity index (χ4n) is 3.25. The fourth-order valence-corrected chi connectivity index (χ4v) is 3.25. The lowest BCUT2D eigenvalue weighted by molar-refractivity contribution is -0.122. The molecule has 0 radical (unpaired) electrons. The molecule has 3 aromatic rings. The molecule has 3 aromatic carbocycles. The zero-order valence-electron chi connectivity index (χ0n) is 16.6. The van der Waals surface area contributed by atoms with E-state index in [0.29, 0.717) is 19.3 Å². The van der Waals surface area contributed by atoms with Crippen molar-refractivity contribution in [1.29, 1.82) is 0 Å². The summed E-state index contributed by atoms with van der Waals surface area (Å²) in [6, 6.07) is 29.2. The number of amides is 2. The van der Waals surface area contributed by atoms with Crippen LogP contribution in [-0.2, 0) is 9.59 Å². The van der Waals surface area contributed by atoms with Gasteiger partial charge in [0.15, 0.2) is 0 Å². The van der Waals surface area contributed by atoms with Gasteiger partial charge in [0.1, 0.15) is 0 Å². The number of nitrogens with zero attached hydrogens (tertiary/aromatic N) is 1. The van der Waals surface area contributed by atoms with E-state index in [1.807, 2.05) is 91.0 Å². The van der Waals surface area contributed by atoms with E-state index in [1.54, 1.807) is 11.9 Å². The van der Waals surface area contributed by atoms with Gasteiger partial charge in [-0.15, -0.1) is 0 Å². The third-order valence-corrected chi connectivity index (χ3v) is 4.88. The summed E-state index contributed by atoms with van der Waals surface area (Å²) in [6.07, 6.45) is 1.16. The van der Waals surface area contributed by atoms with Crippen molar-refractivity contribution in [2.24, 2.45) is 0 Å². The summed E-state index contributed by atoms with van der Waals surface area (Å²) in [4.78, 5) is 26.6. The van der Waals surface area contributed by atoms with Gasteiger partial charge in [0, 0.05) is 25.6 Å². The van der Waals surface area contributed by atoms with Gasteiger partial charge < -0.3 is 10.2 Å². The van der Waals surface area contributed by atoms with Gasteiger partial charge in [-0.3, -0.25) is 9.59 Å². The Hall–Kier alpha value is -3.40. The van der Waals surface area contributed by atoms with Crippen LogP contribution < -0.4 is 10.2 Å². The minimum Gasteiger partial charge on any atom is -0.345 e. The van der Waals surface area contributed by atoms with Gasteiger partial charge in [-0.1, -0.05) is 78.9 Å². The SMILES string of the molecule is CN(C(=O)CCCC(=O)NC(c1ccccc1)c1ccccc1)c1ccccc1. The molecule has 0 atom stereocenters. The van der Waals surface area contributed by atoms with Crippen LogP contribution in [0.25, 0.3) is 0 Å². The Balaban J connectivity index is 1.56. The van der Waals surface area contributed by atoms with E-state index >= 15 is 0 Å². The molecule has 29 heavy (non-hydrogen) atoms. The van der Waals surface area contributed by atoms with E-state index in [2.05, 4.69) is 5.32 Å². The maximum Gasteiger partial charge on any atom is 0.226 e. The van der Waals surface area contributed by atoms with Crippen molar-refractivity contribution in [1.82, 2.24) is 5.32 Å². The lowest BCUT2D eigenvalue weighted by atomic mass is 9.98. The Morgan fingerprint density at radius 3 is 1.76 bits per heavy atom. The number of hydrogen-bond donors (Lipinski definition) is 1. The average Bonchev–Trinajstić information content (AvgIpc) is 2.78. The van der Waals surface area contributed by atoms with Crippen LogP contribution in [0.3, 0.4) is 0 Å². The molecule has 0 saturated carbocycles. The van der Waals surface area contributed by atoms with Gasteiger partial charge in [0.2, 0.25) is 11.8 Å². The molecule has 0 heterocycles. The molecule has 0 spiro atoms. The van der Waals surface area contributed by atoms with Gasteiger partial charge in [0.05, 0.1) is 6.04 Å². The van der Waals surface area contributed by atoms with Crippen molar-refractivity contribution in [2.75, 3.05) is 11.9 Å². The second kappa shape index (κ2) is 10.2. The molecule has 0 saturated heterocycles. The van der Waals surface area contributed by atoms with E-state index in [-0.39, 0.29) is 17.9 Å². The Morgan fingerprint density at radius 2 is 1.24 bits per heavy atom. The van der Waals surface area contributed by atoms with Crippen molar-refractivity contribution >= 4 is 17.5 Å². The smallest absolute Gasteiger partial charge is 0.226 e. The van der Waals surface area contributed by atoms with Gasteiger partial charge >= 0.3 is 0 Å². The topological polar surface area (TPSA) is 49.4 Å². The highest BCUT2D eigenvalue weighted by atomic mass is 16.2. The summed E-state index contributed by atoms with van der Waals surface area (Å²) in [7, 11) is 1.76. The lowest BCUT2D eigenvalue weighted by Gasteiger charge is -2.20. The third-order valence-electron chi connectivity index (χ3n) is 4.88. The van der Waals surface area contributed by atoms with Crippen LogP contribution in [0.2, 0.25) is 0 Å². The van der Waals surface area contributed by atoms with Crippen molar-refractivity contribution in [3.8, 4) is 0 Å². The Bertz CT molecular complexity index is 872. The second-order valence-corrected chi connectivity index (χ2v) is 6.96. The molecule has 2 amide bonds. The van der Waals surface area contributed by atoms with Gasteiger partial charge in [-0.05, 0) is 29.7 Å². The predicted molar refractivity (Wildman–Crippen MR) is 117 cm³/mol. The summed E-state index contributed by atoms with van der Waals surface area (Å²) >= 11 is 0. The number of carbonyl (C=O) groups excluding carboxylic acids is 2. The first-order chi connectivity index (χ1) is 14.1. The largest absolute Gasteiger partial charge is 0.345 e. The highest BCUT2D eigenvalue weighted by Gasteiger charge is 2.17. The van der Waals surface area contributed by atoms with Crippen LogP contribution in [0.5, 0.6) is 0 Å². The molecule has 0 bridgehead atoms. The predicted octanol–water partition coefficient (Wildman–Crippen LogP) is 4.73. The molecule has 0 aliphatic heterocycles. The van der Waals surface area contributed by atoms with Gasteiger partial charge in [-0.25, -0.2) is 0 Å². The molecule has 0 aromatic heterocycles. The van der Waals surface area contributed by atoms with Crippen LogP contribution in [-0.4, -0.2) is 18.9 Å². The molecule has 0 aliphatic carbocycles. The summed E-state index contributed by atoms with van der Waals surface area (Å²) in [5.41, 5.74) is 2.93. The van der Waals surface area contributed by atoms with Crippen LogP contribution in [0, 0.1) is 0 Å². The first kappa shape index (κ1) is 20.3. The number of para-hydroxylation sites is 1. The summed E-state index contributed by atoms with van der Waals surface area (Å²) < 4.78 is 0. The molecular formula is C25H26N2O2. The highest BCUT2D eigenvalue weighted by molar-refractivity contribution is 5.93. The number of hydrogen-bond acceptors (Lipinski definition) is 2. The van der Waals surface area contributed by atoms with E-state index in [0.717, 1.165) is 16.8 Å². The first-order valence-electron chi connectivity index (χ1n) is 9.86. The summed E-state index contributed by atoms with van der Waals surface area (Å²) in [5.74, 6) is -0.0514. The zero-order valence-corrected chi connectivity index (χ0v) is 16.6. The van der Waals surface area contributed by atoms with E-state index in [1.165, 1.54) is 0 Å². The molecule has 4 nitrogen and oxygen atoms in total. The molecular weight excluding hydrogens is 360 g/mol. The van der Waals surface area contributed by atoms with Crippen LogP contribution in [0.4, 0.5) is 5.69 Å². The third kappa shape index (κ3) is 5.79. The lowest BCUT2D eigenvalue weighted by Crippen LogP contribution is -2.30. The number of nitrogens with one attached hydrogen (secondary N) is 1. The molecule has 0 fully saturated rings. The molecule has 3 rings (SSSR count). The maximum absolute atomic E-state index is 12.6. The second-order valence-electron chi connectivity index (χ2n) is 6.96. The number of anilines is 1. The van der Waals surface area contributed by atoms with Crippen molar-refractivity contribution < 1.29 is 9.59 Å². The van der Waals surface area contributed by atoms with Crippen LogP contribution >= 0.6 is 0 Å². The normalized spacial score (nSPS) is 10.6. The zero-order chi connectivity index (χ0) is 20.5. The Labute approximate surface area is 172 Å². The molecule has 148 valence electrons. The summed E-state index contributed by atoms with van der Waals surface area (Å²) in [5, 5.41) is 3.12. The number of carbonyl (C=O) groups is 2. The van der Waals surface area contributed by atoms with E-state index in [9.17, 15) is 9.59 Å². The van der Waals surface area contributed by atoms with Crippen LogP contribution in [0.15, 0.2) is 91.0 Å². The van der Waals surface area contributed by atoms with E-state index in [4.69, 9.17) is 0 Å². The molecule has 4 heteroatoms. The monoisotopic (exact) mass is 386 g/mol. The van der Waals surface area contributed by atoms with Crippen molar-refractivity contribution in [2.45, 2.75) is 25.3 Å². The van der Waals surface area contributed by atoms with Gasteiger partial charge in [0.25, 0.3) is 0 Å². The number of benzene rings is 3. The minimum absolute atomic E-state index is 0.00617. The van der Waals surface area contributed by atoms with E-state index < -0.39 is 0 Å². The van der Waals surface area contributed by atoms with Crippen molar-refractivity contribution in [3.05, 3.63) is 102 Å². The molecule has 1 N–H and O–H groups in total. The summed E-state index contributed by atoms with van der Waals surface area (Å²) in [6.45, 7) is 0. The molecule has 0 unspecified atom stereocenters. The quantitative estimate of drug-likeness (QED) is 0.609. The fraction of sp³-hybridized carbons (Fsp3) is 0.200. The van der Waals surface area contributed by atoms with Crippen LogP contribution in [0.1, 0.15) is 36.4 Å². The van der Waals surface area contributed by atoms with Gasteiger partial charge in [-0.2, -0.15) is 0 Å². The minimum atomic E-state index is -0.201. The Morgan fingerprint density at radius 1 is 0.759 bits per heavy atom. The first-order valence-corrected chi connectivity index (χ1v) is 9.86. The average molecular weight is 386 g/mol. The standard InChI is InChI=1S/C25H26N2O2/c1-27(22-16-9-4-10-17-22)24(29)19-11-18-23(28)26-25(20-12-5-2-6-13-20)21-14-7-3-8-15-21/h2-10,12-17,25H,11,18-19H2,1H3,(H,26,28). The maximum atomic E-state index is 12.6. The number of rotatable bonds is 8. The molecule has 0 aliphatic rings.